The average Bonchev–Trinajstić information content (AvgIpc) is 2.45. The molecular weight excluding hydrogens is 226 g/mol. The first-order chi connectivity index (χ1) is 8.81. The van der Waals surface area contributed by atoms with Crippen LogP contribution in [0.3, 0.4) is 0 Å². The molecule has 2 rings (SSSR count). The van der Waals surface area contributed by atoms with Crippen molar-refractivity contribution in [1.29, 1.82) is 0 Å². The molecule has 0 unspecified atom stereocenters. The van der Waals surface area contributed by atoms with Crippen LogP contribution in [0.5, 0.6) is 5.75 Å². The highest BCUT2D eigenvalue weighted by atomic mass is 16.5. The first-order valence-electron chi connectivity index (χ1n) is 5.83. The number of nitrogens with zero attached hydrogens (tertiary/aromatic N) is 1. The number of rotatable bonds is 5. The Balaban J connectivity index is 2.01. The Morgan fingerprint density at radius 1 is 1.11 bits per heavy atom. The Labute approximate surface area is 107 Å². The smallest absolute Gasteiger partial charge is 0.128 e. The predicted octanol–water partition coefficient (Wildman–Crippen LogP) is 2.74. The van der Waals surface area contributed by atoms with E-state index in [2.05, 4.69) is 21.7 Å². The average molecular weight is 243 g/mol. The molecule has 0 radical (unpaired) electrons. The maximum atomic E-state index is 5.19. The molecule has 0 aliphatic heterocycles. The molecule has 0 aliphatic carbocycles. The van der Waals surface area contributed by atoms with Crippen LogP contribution in [0.1, 0.15) is 5.56 Å². The van der Waals surface area contributed by atoms with Gasteiger partial charge in [0, 0.05) is 13.6 Å². The van der Waals surface area contributed by atoms with Crippen LogP contribution >= 0.6 is 0 Å². The van der Waals surface area contributed by atoms with Crippen molar-refractivity contribution in [2.24, 2.45) is 0 Å². The normalized spacial score (nSPS) is 9.89. The number of anilines is 2. The van der Waals surface area contributed by atoms with E-state index in [0.717, 1.165) is 29.5 Å². The summed E-state index contributed by atoms with van der Waals surface area (Å²) in [5, 5.41) is 6.29. The number of pyridine rings is 1. The van der Waals surface area contributed by atoms with Gasteiger partial charge in [-0.1, -0.05) is 18.2 Å². The summed E-state index contributed by atoms with van der Waals surface area (Å²) < 4.78 is 5.19. The van der Waals surface area contributed by atoms with Crippen LogP contribution in [0.15, 0.2) is 42.5 Å². The zero-order valence-electron chi connectivity index (χ0n) is 10.6. The van der Waals surface area contributed by atoms with E-state index in [1.54, 1.807) is 7.11 Å². The first kappa shape index (κ1) is 12.2. The Morgan fingerprint density at radius 2 is 1.89 bits per heavy atom. The van der Waals surface area contributed by atoms with E-state index in [4.69, 9.17) is 4.74 Å². The molecule has 4 heteroatoms. The summed E-state index contributed by atoms with van der Waals surface area (Å²) >= 11 is 0. The van der Waals surface area contributed by atoms with Gasteiger partial charge in [0.05, 0.1) is 7.11 Å². The second-order valence-electron chi connectivity index (χ2n) is 3.86. The summed E-state index contributed by atoms with van der Waals surface area (Å²) in [6.45, 7) is 0.720. The fraction of sp³-hybridized carbons (Fsp3) is 0.214. The van der Waals surface area contributed by atoms with E-state index in [9.17, 15) is 0 Å². The first-order valence-corrected chi connectivity index (χ1v) is 5.83. The van der Waals surface area contributed by atoms with Crippen LogP contribution in [-0.2, 0) is 6.54 Å². The van der Waals surface area contributed by atoms with E-state index in [1.165, 1.54) is 0 Å². The van der Waals surface area contributed by atoms with Crippen molar-refractivity contribution >= 4 is 11.6 Å². The fourth-order valence-electron chi connectivity index (χ4n) is 1.65. The zero-order valence-corrected chi connectivity index (χ0v) is 10.6. The van der Waals surface area contributed by atoms with Gasteiger partial charge in [-0.2, -0.15) is 0 Å². The second kappa shape index (κ2) is 5.91. The van der Waals surface area contributed by atoms with Gasteiger partial charge >= 0.3 is 0 Å². The summed E-state index contributed by atoms with van der Waals surface area (Å²) in [5.41, 5.74) is 1.16. The third kappa shape index (κ3) is 3.13. The molecular formula is C14H17N3O. The van der Waals surface area contributed by atoms with E-state index >= 15 is 0 Å². The highest BCUT2D eigenvalue weighted by Gasteiger charge is 1.98. The minimum Gasteiger partial charge on any atom is -0.497 e. The molecule has 1 heterocycles. The zero-order chi connectivity index (χ0) is 12.8. The topological polar surface area (TPSA) is 46.2 Å². The predicted molar refractivity (Wildman–Crippen MR) is 74.1 cm³/mol. The molecule has 0 atom stereocenters. The Kier molecular flexibility index (Phi) is 4.02. The number of ether oxygens (including phenoxy) is 1. The maximum Gasteiger partial charge on any atom is 0.128 e. The summed E-state index contributed by atoms with van der Waals surface area (Å²) in [7, 11) is 3.53. The lowest BCUT2D eigenvalue weighted by Gasteiger charge is -2.08. The van der Waals surface area contributed by atoms with Crippen molar-refractivity contribution in [1.82, 2.24) is 4.98 Å². The molecule has 0 spiro atoms. The molecule has 2 N–H and O–H groups in total. The lowest BCUT2D eigenvalue weighted by Crippen LogP contribution is -2.02. The second-order valence-corrected chi connectivity index (χ2v) is 3.86. The van der Waals surface area contributed by atoms with Crippen LogP contribution < -0.4 is 15.4 Å². The number of aromatic nitrogens is 1. The molecule has 0 saturated heterocycles. The summed E-state index contributed by atoms with van der Waals surface area (Å²) in [4.78, 5) is 4.40. The Hall–Kier alpha value is -2.23. The number of methoxy groups -OCH3 is 1. The van der Waals surface area contributed by atoms with Gasteiger partial charge in [-0.25, -0.2) is 4.98 Å². The van der Waals surface area contributed by atoms with Crippen LogP contribution in [0.25, 0.3) is 0 Å². The van der Waals surface area contributed by atoms with Gasteiger partial charge in [0.15, 0.2) is 0 Å². The highest BCUT2D eigenvalue weighted by molar-refractivity contribution is 5.45. The summed E-state index contributed by atoms with van der Waals surface area (Å²) in [6.07, 6.45) is 0. The van der Waals surface area contributed by atoms with Gasteiger partial charge in [-0.3, -0.25) is 0 Å². The highest BCUT2D eigenvalue weighted by Crippen LogP contribution is 2.14. The minimum atomic E-state index is 0.720. The van der Waals surface area contributed by atoms with Crippen molar-refractivity contribution in [3.8, 4) is 5.75 Å². The van der Waals surface area contributed by atoms with E-state index in [-0.39, 0.29) is 0 Å². The number of hydrogen-bond acceptors (Lipinski definition) is 4. The third-order valence-electron chi connectivity index (χ3n) is 2.61. The molecule has 0 fully saturated rings. The van der Waals surface area contributed by atoms with Gasteiger partial charge in [-0.05, 0) is 29.8 Å². The monoisotopic (exact) mass is 243 g/mol. The molecule has 94 valence electrons. The van der Waals surface area contributed by atoms with Gasteiger partial charge < -0.3 is 15.4 Å². The molecule has 0 bridgehead atoms. The molecule has 2 aromatic rings. The van der Waals surface area contributed by atoms with Gasteiger partial charge in [0.25, 0.3) is 0 Å². The minimum absolute atomic E-state index is 0.720. The van der Waals surface area contributed by atoms with E-state index in [0.29, 0.717) is 0 Å². The van der Waals surface area contributed by atoms with Crippen molar-refractivity contribution in [2.75, 3.05) is 24.8 Å². The van der Waals surface area contributed by atoms with Crippen molar-refractivity contribution in [3.63, 3.8) is 0 Å². The van der Waals surface area contributed by atoms with Crippen molar-refractivity contribution in [2.45, 2.75) is 6.54 Å². The summed E-state index contributed by atoms with van der Waals surface area (Å²) in [5.74, 6) is 2.57. The summed E-state index contributed by atoms with van der Waals surface area (Å²) in [6, 6.07) is 13.8. The molecule has 0 saturated carbocycles. The molecule has 18 heavy (non-hydrogen) atoms. The largest absolute Gasteiger partial charge is 0.497 e. The van der Waals surface area contributed by atoms with E-state index < -0.39 is 0 Å². The molecule has 1 aromatic heterocycles. The van der Waals surface area contributed by atoms with Crippen LogP contribution in [0.2, 0.25) is 0 Å². The quantitative estimate of drug-likeness (QED) is 0.847. The maximum absolute atomic E-state index is 5.19. The molecule has 4 nitrogen and oxygen atoms in total. The number of benzene rings is 1. The van der Waals surface area contributed by atoms with Crippen molar-refractivity contribution in [3.05, 3.63) is 48.0 Å². The number of nitrogens with one attached hydrogen (secondary N) is 2. The van der Waals surface area contributed by atoms with Crippen LogP contribution in [0, 0.1) is 0 Å². The Bertz CT molecular complexity index is 466. The lowest BCUT2D eigenvalue weighted by molar-refractivity contribution is 0.414. The Morgan fingerprint density at radius 3 is 2.67 bits per heavy atom. The standard InChI is InChI=1S/C14H17N3O/c1-15-13-7-4-8-14(17-13)16-10-11-5-3-6-12(9-11)18-2/h3-9H,10H2,1-2H3,(H2,15,16,17). The van der Waals surface area contributed by atoms with Crippen molar-refractivity contribution < 1.29 is 4.74 Å². The van der Waals surface area contributed by atoms with E-state index in [1.807, 2.05) is 43.4 Å². The molecule has 0 aliphatic rings. The molecule has 1 aromatic carbocycles. The van der Waals surface area contributed by atoms with Gasteiger partial charge in [-0.15, -0.1) is 0 Å². The molecule has 0 amide bonds. The number of hydrogen-bond donors (Lipinski definition) is 2. The van der Waals surface area contributed by atoms with Gasteiger partial charge in [0.1, 0.15) is 17.4 Å². The SMILES string of the molecule is CNc1cccc(NCc2cccc(OC)c2)n1. The van der Waals surface area contributed by atoms with Crippen LogP contribution in [0.4, 0.5) is 11.6 Å². The fourth-order valence-corrected chi connectivity index (χ4v) is 1.65. The van der Waals surface area contributed by atoms with Gasteiger partial charge in [0.2, 0.25) is 0 Å². The lowest BCUT2D eigenvalue weighted by atomic mass is 10.2. The van der Waals surface area contributed by atoms with Crippen LogP contribution in [-0.4, -0.2) is 19.1 Å². The third-order valence-corrected chi connectivity index (χ3v) is 2.61.